The average Bonchev–Trinajstić information content (AvgIpc) is 2.49. The molecule has 0 aliphatic rings. The molecule has 0 fully saturated rings. The van der Waals surface area contributed by atoms with Crippen LogP contribution in [0.25, 0.3) is 0 Å². The van der Waals surface area contributed by atoms with E-state index in [0.717, 1.165) is 0 Å². The summed E-state index contributed by atoms with van der Waals surface area (Å²) in [5.74, 6) is 0.524. The number of nitrogens with zero attached hydrogens (tertiary/aromatic N) is 3. The van der Waals surface area contributed by atoms with Crippen LogP contribution in [-0.4, -0.2) is 29.9 Å². The van der Waals surface area contributed by atoms with E-state index in [1.807, 2.05) is 6.07 Å². The SMILES string of the molecule is N#Cc1cccc(S(=O)(=O)CCSc2nccnc2N)c1. The summed E-state index contributed by atoms with van der Waals surface area (Å²) in [4.78, 5) is 8.07. The fourth-order valence-electron chi connectivity index (χ4n) is 1.57. The molecule has 0 spiro atoms. The largest absolute Gasteiger partial charge is 0.381 e. The zero-order chi connectivity index (χ0) is 15.3. The molecule has 0 atom stereocenters. The minimum Gasteiger partial charge on any atom is -0.381 e. The molecule has 0 aliphatic heterocycles. The van der Waals surface area contributed by atoms with Gasteiger partial charge in [-0.25, -0.2) is 18.4 Å². The van der Waals surface area contributed by atoms with Crippen LogP contribution < -0.4 is 5.73 Å². The Balaban J connectivity index is 2.05. The summed E-state index contributed by atoms with van der Waals surface area (Å²) < 4.78 is 24.4. The van der Waals surface area contributed by atoms with Crippen molar-refractivity contribution in [3.8, 4) is 6.07 Å². The molecule has 2 N–H and O–H groups in total. The van der Waals surface area contributed by atoms with Gasteiger partial charge in [-0.3, -0.25) is 0 Å². The molecule has 0 unspecified atom stereocenters. The average molecular weight is 320 g/mol. The van der Waals surface area contributed by atoms with Crippen LogP contribution in [0.5, 0.6) is 0 Å². The maximum absolute atomic E-state index is 12.2. The third kappa shape index (κ3) is 3.93. The number of nitrogens with two attached hydrogens (primary N) is 1. The second kappa shape index (κ2) is 6.56. The predicted octanol–water partition coefficient (Wildman–Crippen LogP) is 1.50. The van der Waals surface area contributed by atoms with E-state index < -0.39 is 9.84 Å². The number of nitrogen functional groups attached to an aromatic ring is 1. The van der Waals surface area contributed by atoms with Crippen molar-refractivity contribution in [2.75, 3.05) is 17.2 Å². The van der Waals surface area contributed by atoms with Crippen LogP contribution in [0.1, 0.15) is 5.56 Å². The Labute approximate surface area is 127 Å². The van der Waals surface area contributed by atoms with E-state index in [4.69, 9.17) is 11.0 Å². The van der Waals surface area contributed by atoms with Crippen molar-refractivity contribution in [1.82, 2.24) is 9.97 Å². The Morgan fingerprint density at radius 1 is 1.29 bits per heavy atom. The molecule has 0 radical (unpaired) electrons. The molecule has 2 aromatic rings. The minimum absolute atomic E-state index is 0.0669. The molecule has 108 valence electrons. The highest BCUT2D eigenvalue weighted by atomic mass is 32.2. The first-order valence-electron chi connectivity index (χ1n) is 5.95. The van der Waals surface area contributed by atoms with E-state index in [-0.39, 0.29) is 16.5 Å². The molecule has 1 aromatic carbocycles. The highest BCUT2D eigenvalue weighted by Crippen LogP contribution is 2.21. The van der Waals surface area contributed by atoms with Gasteiger partial charge in [-0.1, -0.05) is 6.07 Å². The number of anilines is 1. The molecule has 1 heterocycles. The van der Waals surface area contributed by atoms with E-state index in [2.05, 4.69) is 9.97 Å². The predicted molar refractivity (Wildman–Crippen MR) is 80.4 cm³/mol. The van der Waals surface area contributed by atoms with Gasteiger partial charge in [0, 0.05) is 18.1 Å². The van der Waals surface area contributed by atoms with E-state index in [1.54, 1.807) is 12.1 Å². The number of benzene rings is 1. The third-order valence-corrected chi connectivity index (χ3v) is 5.57. The fraction of sp³-hybridized carbons (Fsp3) is 0.154. The summed E-state index contributed by atoms with van der Waals surface area (Å²) >= 11 is 1.24. The first kappa shape index (κ1) is 15.3. The molecular weight excluding hydrogens is 308 g/mol. The van der Waals surface area contributed by atoms with Crippen LogP contribution in [0.4, 0.5) is 5.82 Å². The van der Waals surface area contributed by atoms with Gasteiger partial charge >= 0.3 is 0 Å². The van der Waals surface area contributed by atoms with Crippen molar-refractivity contribution in [2.45, 2.75) is 9.92 Å². The van der Waals surface area contributed by atoms with E-state index in [9.17, 15) is 8.42 Å². The van der Waals surface area contributed by atoms with Crippen molar-refractivity contribution >= 4 is 27.4 Å². The van der Waals surface area contributed by atoms with Gasteiger partial charge in [-0.2, -0.15) is 5.26 Å². The maximum Gasteiger partial charge on any atom is 0.179 e. The van der Waals surface area contributed by atoms with Crippen molar-refractivity contribution < 1.29 is 8.42 Å². The van der Waals surface area contributed by atoms with Gasteiger partial charge in [0.05, 0.1) is 22.3 Å². The normalized spacial score (nSPS) is 11.0. The Morgan fingerprint density at radius 2 is 2.05 bits per heavy atom. The van der Waals surface area contributed by atoms with Gasteiger partial charge in [0.25, 0.3) is 0 Å². The number of sulfone groups is 1. The molecule has 21 heavy (non-hydrogen) atoms. The molecule has 0 aliphatic carbocycles. The van der Waals surface area contributed by atoms with Crippen molar-refractivity contribution in [3.05, 3.63) is 42.2 Å². The Bertz CT molecular complexity index is 785. The number of hydrogen-bond acceptors (Lipinski definition) is 7. The Kier molecular flexibility index (Phi) is 4.77. The van der Waals surface area contributed by atoms with E-state index >= 15 is 0 Å². The monoisotopic (exact) mass is 320 g/mol. The van der Waals surface area contributed by atoms with Crippen LogP contribution in [0.2, 0.25) is 0 Å². The minimum atomic E-state index is -3.44. The Hall–Kier alpha value is -2.11. The van der Waals surface area contributed by atoms with Crippen LogP contribution in [0.3, 0.4) is 0 Å². The number of aromatic nitrogens is 2. The standard InChI is InChI=1S/C13H12N4O2S2/c14-9-10-2-1-3-11(8-10)21(18,19)7-6-20-13-12(15)16-4-5-17-13/h1-5,8H,6-7H2,(H2,15,16). The second-order valence-electron chi connectivity index (χ2n) is 4.05. The molecule has 6 nitrogen and oxygen atoms in total. The zero-order valence-electron chi connectivity index (χ0n) is 10.9. The van der Waals surface area contributed by atoms with Gasteiger partial charge in [0.1, 0.15) is 5.03 Å². The smallest absolute Gasteiger partial charge is 0.179 e. The van der Waals surface area contributed by atoms with Crippen LogP contribution in [0, 0.1) is 11.3 Å². The molecule has 0 amide bonds. The maximum atomic E-state index is 12.2. The second-order valence-corrected chi connectivity index (χ2v) is 7.25. The summed E-state index contributed by atoms with van der Waals surface area (Å²) in [7, 11) is -3.44. The fourth-order valence-corrected chi connectivity index (χ4v) is 4.14. The first-order valence-corrected chi connectivity index (χ1v) is 8.59. The van der Waals surface area contributed by atoms with Gasteiger partial charge in [0.15, 0.2) is 15.7 Å². The quantitative estimate of drug-likeness (QED) is 0.831. The summed E-state index contributed by atoms with van der Waals surface area (Å²) in [6.45, 7) is 0. The topological polar surface area (TPSA) is 110 Å². The molecule has 1 aromatic heterocycles. The highest BCUT2D eigenvalue weighted by Gasteiger charge is 2.15. The lowest BCUT2D eigenvalue weighted by Crippen LogP contribution is -2.09. The van der Waals surface area contributed by atoms with Gasteiger partial charge < -0.3 is 5.73 Å². The van der Waals surface area contributed by atoms with Gasteiger partial charge in [-0.15, -0.1) is 11.8 Å². The highest BCUT2D eigenvalue weighted by molar-refractivity contribution is 8.00. The van der Waals surface area contributed by atoms with Crippen molar-refractivity contribution in [1.29, 1.82) is 5.26 Å². The lowest BCUT2D eigenvalue weighted by atomic mass is 10.2. The number of hydrogen-bond donors (Lipinski definition) is 1. The number of thioether (sulfide) groups is 1. The zero-order valence-corrected chi connectivity index (χ0v) is 12.6. The number of nitriles is 1. The summed E-state index contributed by atoms with van der Waals surface area (Å²) in [6, 6.07) is 7.90. The van der Waals surface area contributed by atoms with E-state index in [1.165, 1.54) is 36.3 Å². The van der Waals surface area contributed by atoms with E-state index in [0.29, 0.717) is 16.3 Å². The molecule has 2 rings (SSSR count). The molecule has 0 bridgehead atoms. The number of rotatable bonds is 5. The molecular formula is C13H12N4O2S2. The summed E-state index contributed by atoms with van der Waals surface area (Å²) in [5, 5.41) is 9.32. The van der Waals surface area contributed by atoms with Gasteiger partial charge in [-0.05, 0) is 18.2 Å². The van der Waals surface area contributed by atoms with Crippen LogP contribution in [-0.2, 0) is 9.84 Å². The van der Waals surface area contributed by atoms with Crippen LogP contribution >= 0.6 is 11.8 Å². The summed E-state index contributed by atoms with van der Waals surface area (Å²) in [6.07, 6.45) is 2.98. The molecule has 0 saturated carbocycles. The Morgan fingerprint density at radius 3 is 2.76 bits per heavy atom. The first-order chi connectivity index (χ1) is 10.0. The molecule has 8 heteroatoms. The third-order valence-electron chi connectivity index (χ3n) is 2.60. The van der Waals surface area contributed by atoms with Gasteiger partial charge in [0.2, 0.25) is 0 Å². The lowest BCUT2D eigenvalue weighted by molar-refractivity contribution is 0.597. The molecule has 0 saturated heterocycles. The van der Waals surface area contributed by atoms with Crippen molar-refractivity contribution in [2.24, 2.45) is 0 Å². The lowest BCUT2D eigenvalue weighted by Gasteiger charge is -2.05. The summed E-state index contributed by atoms with van der Waals surface area (Å²) in [5.41, 5.74) is 5.96. The van der Waals surface area contributed by atoms with Crippen molar-refractivity contribution in [3.63, 3.8) is 0 Å². The van der Waals surface area contributed by atoms with Crippen LogP contribution in [0.15, 0.2) is 46.6 Å².